The zero-order valence-electron chi connectivity index (χ0n) is 13.0. The van der Waals surface area contributed by atoms with Gasteiger partial charge in [0.25, 0.3) is 5.89 Å². The van der Waals surface area contributed by atoms with Gasteiger partial charge >= 0.3 is 0 Å². The molecule has 0 aliphatic heterocycles. The maximum Gasteiger partial charge on any atom is 0.263 e. The third-order valence-corrected chi connectivity index (χ3v) is 4.55. The standard InChI is InChI=1S/C17H10Cl2N4O2S/c18-12-5-15(21-7-13(12)19)16(17-23-22-8-24-17)25-10-1-2-14-9(3-10)4-11(26)6-20-14/h1-8,16,26H. The number of rotatable bonds is 4. The molecule has 26 heavy (non-hydrogen) atoms. The number of pyridine rings is 2. The highest BCUT2D eigenvalue weighted by atomic mass is 35.5. The molecule has 130 valence electrons. The molecule has 0 aliphatic rings. The smallest absolute Gasteiger partial charge is 0.263 e. The highest BCUT2D eigenvalue weighted by molar-refractivity contribution is 7.80. The fourth-order valence-electron chi connectivity index (χ4n) is 2.41. The van der Waals surface area contributed by atoms with Crippen LogP contribution in [0.15, 0.2) is 58.4 Å². The SMILES string of the molecule is Sc1cnc2ccc(OC(c3cc(Cl)c(Cl)cn3)c3nnco3)cc2c1. The quantitative estimate of drug-likeness (QED) is 0.493. The van der Waals surface area contributed by atoms with Crippen molar-refractivity contribution in [2.75, 3.05) is 0 Å². The van der Waals surface area contributed by atoms with Crippen molar-refractivity contribution in [1.29, 1.82) is 0 Å². The van der Waals surface area contributed by atoms with Crippen molar-refractivity contribution in [1.82, 2.24) is 20.2 Å². The normalized spacial score (nSPS) is 12.3. The van der Waals surface area contributed by atoms with Crippen LogP contribution in [0, 0.1) is 0 Å². The largest absolute Gasteiger partial charge is 0.474 e. The van der Waals surface area contributed by atoms with Crippen molar-refractivity contribution in [3.05, 3.63) is 70.7 Å². The summed E-state index contributed by atoms with van der Waals surface area (Å²) in [6.45, 7) is 0. The second-order valence-corrected chi connectivity index (χ2v) is 6.68. The van der Waals surface area contributed by atoms with Crippen LogP contribution in [0.3, 0.4) is 0 Å². The molecule has 0 spiro atoms. The van der Waals surface area contributed by atoms with Gasteiger partial charge in [-0.2, -0.15) is 0 Å². The number of ether oxygens (including phenoxy) is 1. The lowest BCUT2D eigenvalue weighted by atomic mass is 10.2. The van der Waals surface area contributed by atoms with Crippen molar-refractivity contribution in [2.45, 2.75) is 11.0 Å². The van der Waals surface area contributed by atoms with Gasteiger partial charge in [-0.3, -0.25) is 9.97 Å². The van der Waals surface area contributed by atoms with E-state index in [9.17, 15) is 0 Å². The van der Waals surface area contributed by atoms with E-state index in [1.165, 1.54) is 12.6 Å². The van der Waals surface area contributed by atoms with Crippen LogP contribution in [-0.4, -0.2) is 20.2 Å². The zero-order valence-corrected chi connectivity index (χ0v) is 15.4. The Kier molecular flexibility index (Phi) is 4.67. The number of nitrogens with zero attached hydrogens (tertiary/aromatic N) is 4. The van der Waals surface area contributed by atoms with Crippen molar-refractivity contribution in [3.63, 3.8) is 0 Å². The fraction of sp³-hybridized carbons (Fsp3) is 0.0588. The van der Waals surface area contributed by atoms with Gasteiger partial charge in [-0.15, -0.1) is 22.8 Å². The molecule has 0 fully saturated rings. The number of aromatic nitrogens is 4. The maximum absolute atomic E-state index is 6.11. The number of thiol groups is 1. The van der Waals surface area contributed by atoms with E-state index < -0.39 is 6.10 Å². The van der Waals surface area contributed by atoms with Crippen LogP contribution in [0.1, 0.15) is 17.7 Å². The number of hydrogen-bond donors (Lipinski definition) is 1. The first kappa shape index (κ1) is 17.1. The van der Waals surface area contributed by atoms with E-state index in [-0.39, 0.29) is 5.89 Å². The molecular weight excluding hydrogens is 395 g/mol. The lowest BCUT2D eigenvalue weighted by Crippen LogP contribution is -2.12. The summed E-state index contributed by atoms with van der Waals surface area (Å²) in [5.74, 6) is 0.825. The Morgan fingerprint density at radius 3 is 2.69 bits per heavy atom. The third-order valence-electron chi connectivity index (χ3n) is 3.59. The highest BCUT2D eigenvalue weighted by Crippen LogP contribution is 2.31. The Morgan fingerprint density at radius 1 is 1.04 bits per heavy atom. The van der Waals surface area contributed by atoms with Crippen LogP contribution < -0.4 is 4.74 Å². The summed E-state index contributed by atoms with van der Waals surface area (Å²) in [6, 6.07) is 9.01. The molecule has 6 nitrogen and oxygen atoms in total. The first-order valence-electron chi connectivity index (χ1n) is 7.42. The van der Waals surface area contributed by atoms with E-state index in [1.807, 2.05) is 18.2 Å². The van der Waals surface area contributed by atoms with E-state index in [4.69, 9.17) is 32.4 Å². The van der Waals surface area contributed by atoms with Crippen molar-refractivity contribution >= 4 is 46.7 Å². The molecule has 0 N–H and O–H groups in total. The molecule has 0 bridgehead atoms. The number of halogens is 2. The van der Waals surface area contributed by atoms with E-state index >= 15 is 0 Å². The lowest BCUT2D eigenvalue weighted by molar-refractivity contribution is 0.203. The van der Waals surface area contributed by atoms with Crippen LogP contribution in [0.5, 0.6) is 5.75 Å². The van der Waals surface area contributed by atoms with Gasteiger partial charge < -0.3 is 9.15 Å². The third kappa shape index (κ3) is 3.46. The molecule has 0 radical (unpaired) electrons. The van der Waals surface area contributed by atoms with Crippen LogP contribution >= 0.6 is 35.8 Å². The maximum atomic E-state index is 6.11. The summed E-state index contributed by atoms with van der Waals surface area (Å²) in [6.07, 6.45) is 3.62. The van der Waals surface area contributed by atoms with Crippen molar-refractivity contribution < 1.29 is 9.15 Å². The van der Waals surface area contributed by atoms with Crippen LogP contribution in [0.2, 0.25) is 10.0 Å². The van der Waals surface area contributed by atoms with Gasteiger partial charge in [0.15, 0.2) is 0 Å². The molecular formula is C17H10Cl2N4O2S. The number of benzene rings is 1. The summed E-state index contributed by atoms with van der Waals surface area (Å²) in [7, 11) is 0. The first-order valence-corrected chi connectivity index (χ1v) is 8.63. The molecule has 1 aromatic carbocycles. The second kappa shape index (κ2) is 7.11. The Bertz CT molecular complexity index is 1080. The summed E-state index contributed by atoms with van der Waals surface area (Å²) in [5, 5.41) is 9.23. The van der Waals surface area contributed by atoms with Crippen molar-refractivity contribution in [3.8, 4) is 5.75 Å². The summed E-state index contributed by atoms with van der Waals surface area (Å²) < 4.78 is 11.4. The fourth-order valence-corrected chi connectivity index (χ4v) is 2.87. The highest BCUT2D eigenvalue weighted by Gasteiger charge is 2.24. The van der Waals surface area contributed by atoms with Crippen LogP contribution in [-0.2, 0) is 0 Å². The molecule has 3 heterocycles. The number of fused-ring (bicyclic) bond motifs is 1. The van der Waals surface area contributed by atoms with Crippen LogP contribution in [0.4, 0.5) is 0 Å². The predicted octanol–water partition coefficient (Wildman–Crippen LogP) is 4.78. The van der Waals surface area contributed by atoms with Gasteiger partial charge in [-0.05, 0) is 30.3 Å². The minimum Gasteiger partial charge on any atom is -0.474 e. The second-order valence-electron chi connectivity index (χ2n) is 5.35. The lowest BCUT2D eigenvalue weighted by Gasteiger charge is -2.16. The van der Waals surface area contributed by atoms with E-state index in [0.717, 1.165) is 15.8 Å². The molecule has 9 heteroatoms. The molecule has 0 aliphatic carbocycles. The molecule has 0 saturated heterocycles. The Labute approximate surface area is 163 Å². The van der Waals surface area contributed by atoms with E-state index in [0.29, 0.717) is 21.5 Å². The summed E-state index contributed by atoms with van der Waals surface area (Å²) >= 11 is 16.4. The molecule has 4 rings (SSSR count). The predicted molar refractivity (Wildman–Crippen MR) is 100 cm³/mol. The van der Waals surface area contributed by atoms with Gasteiger partial charge in [0.05, 0.1) is 21.3 Å². The minimum absolute atomic E-state index is 0.247. The van der Waals surface area contributed by atoms with Gasteiger partial charge in [0.2, 0.25) is 12.5 Å². The first-order chi connectivity index (χ1) is 12.6. The Hall–Kier alpha value is -2.35. The number of hydrogen-bond acceptors (Lipinski definition) is 7. The Balaban J connectivity index is 1.74. The minimum atomic E-state index is -0.739. The molecule has 3 aromatic heterocycles. The van der Waals surface area contributed by atoms with Gasteiger partial charge in [0.1, 0.15) is 5.75 Å². The van der Waals surface area contributed by atoms with Crippen molar-refractivity contribution in [2.24, 2.45) is 0 Å². The van der Waals surface area contributed by atoms with Gasteiger partial charge in [-0.1, -0.05) is 23.2 Å². The molecule has 4 aromatic rings. The zero-order chi connectivity index (χ0) is 18.1. The molecule has 1 unspecified atom stereocenters. The molecule has 1 atom stereocenters. The summed E-state index contributed by atoms with van der Waals surface area (Å²) in [4.78, 5) is 9.35. The van der Waals surface area contributed by atoms with Crippen LogP contribution in [0.25, 0.3) is 10.9 Å². The summed E-state index contributed by atoms with van der Waals surface area (Å²) in [5.41, 5.74) is 1.32. The van der Waals surface area contributed by atoms with Gasteiger partial charge in [-0.25, -0.2) is 0 Å². The Morgan fingerprint density at radius 2 is 1.92 bits per heavy atom. The molecule has 0 amide bonds. The van der Waals surface area contributed by atoms with E-state index in [2.05, 4.69) is 32.8 Å². The average molecular weight is 405 g/mol. The van der Waals surface area contributed by atoms with Gasteiger partial charge in [0, 0.05) is 22.7 Å². The topological polar surface area (TPSA) is 73.9 Å². The average Bonchev–Trinajstić information content (AvgIpc) is 3.16. The van der Waals surface area contributed by atoms with E-state index in [1.54, 1.807) is 18.3 Å². The molecule has 0 saturated carbocycles. The monoisotopic (exact) mass is 404 g/mol.